The fourth-order valence-corrected chi connectivity index (χ4v) is 1.98. The molecule has 0 spiro atoms. The fraction of sp³-hybridized carbons (Fsp3) is 0.214. The normalized spacial score (nSPS) is 11.0. The standard InChI is InChI=1S/C14H14Cl2N4/c1-20(2)12-5-3-10(4-6-12)8-18-19-14-13(16)7-11(15)9-17-14/h3-7,9H,8H2,1-2H3. The lowest BCUT2D eigenvalue weighted by atomic mass is 10.2. The highest BCUT2D eigenvalue weighted by Gasteiger charge is 2.01. The highest BCUT2D eigenvalue weighted by molar-refractivity contribution is 6.35. The lowest BCUT2D eigenvalue weighted by Crippen LogP contribution is -2.08. The van der Waals surface area contributed by atoms with Gasteiger partial charge in [-0.2, -0.15) is 5.11 Å². The molecule has 0 saturated heterocycles. The van der Waals surface area contributed by atoms with E-state index in [-0.39, 0.29) is 0 Å². The number of rotatable bonds is 4. The Kier molecular flexibility index (Phi) is 4.93. The molecule has 1 aromatic carbocycles. The molecule has 0 aliphatic heterocycles. The molecule has 1 heterocycles. The molecule has 104 valence electrons. The Bertz CT molecular complexity index is 609. The van der Waals surface area contributed by atoms with Crippen molar-refractivity contribution in [3.63, 3.8) is 0 Å². The van der Waals surface area contributed by atoms with Crippen LogP contribution in [-0.4, -0.2) is 19.1 Å². The van der Waals surface area contributed by atoms with Crippen LogP contribution < -0.4 is 4.90 Å². The molecule has 1 aromatic heterocycles. The average molecular weight is 309 g/mol. The summed E-state index contributed by atoms with van der Waals surface area (Å²) in [6.45, 7) is 0.480. The smallest absolute Gasteiger partial charge is 0.192 e. The van der Waals surface area contributed by atoms with Crippen LogP contribution in [0.3, 0.4) is 0 Å². The zero-order valence-corrected chi connectivity index (χ0v) is 12.7. The molecule has 0 radical (unpaired) electrons. The number of pyridine rings is 1. The first-order valence-corrected chi connectivity index (χ1v) is 6.76. The highest BCUT2D eigenvalue weighted by Crippen LogP contribution is 2.25. The van der Waals surface area contributed by atoms with Gasteiger partial charge in [0.05, 0.1) is 16.6 Å². The van der Waals surface area contributed by atoms with Crippen molar-refractivity contribution in [2.24, 2.45) is 10.2 Å². The summed E-state index contributed by atoms with van der Waals surface area (Å²) < 4.78 is 0. The van der Waals surface area contributed by atoms with Crippen LogP contribution in [0.2, 0.25) is 10.0 Å². The molecule has 0 bridgehead atoms. The van der Waals surface area contributed by atoms with Gasteiger partial charge in [0.1, 0.15) is 0 Å². The Balaban J connectivity index is 2.02. The van der Waals surface area contributed by atoms with Crippen LogP contribution in [0.4, 0.5) is 11.5 Å². The highest BCUT2D eigenvalue weighted by atomic mass is 35.5. The number of nitrogens with zero attached hydrogens (tertiary/aromatic N) is 4. The van der Waals surface area contributed by atoms with Crippen LogP contribution in [0.5, 0.6) is 0 Å². The molecule has 0 saturated carbocycles. The van der Waals surface area contributed by atoms with Gasteiger partial charge in [0.2, 0.25) is 0 Å². The van der Waals surface area contributed by atoms with Crippen LogP contribution in [0.25, 0.3) is 0 Å². The molecule has 0 aliphatic carbocycles. The largest absolute Gasteiger partial charge is 0.378 e. The van der Waals surface area contributed by atoms with Gasteiger partial charge >= 0.3 is 0 Å². The monoisotopic (exact) mass is 308 g/mol. The summed E-state index contributed by atoms with van der Waals surface area (Å²) in [6, 6.07) is 9.71. The summed E-state index contributed by atoms with van der Waals surface area (Å²) in [5.74, 6) is 0.376. The molecular formula is C14H14Cl2N4. The van der Waals surface area contributed by atoms with Gasteiger partial charge < -0.3 is 4.90 Å². The Hall–Kier alpha value is -1.65. The van der Waals surface area contributed by atoms with E-state index in [4.69, 9.17) is 23.2 Å². The minimum absolute atomic E-state index is 0.376. The van der Waals surface area contributed by atoms with Gasteiger partial charge in [-0.05, 0) is 23.8 Å². The molecule has 0 unspecified atom stereocenters. The van der Waals surface area contributed by atoms with Gasteiger partial charge in [0.15, 0.2) is 5.82 Å². The number of halogens is 2. The second kappa shape index (κ2) is 6.68. The molecule has 0 amide bonds. The molecule has 2 rings (SSSR count). The maximum atomic E-state index is 5.96. The maximum absolute atomic E-state index is 5.96. The predicted octanol–water partition coefficient (Wildman–Crippen LogP) is 4.74. The summed E-state index contributed by atoms with van der Waals surface area (Å²) >= 11 is 11.7. The third-order valence-corrected chi connectivity index (χ3v) is 3.14. The van der Waals surface area contributed by atoms with Crippen molar-refractivity contribution >= 4 is 34.7 Å². The van der Waals surface area contributed by atoms with E-state index in [9.17, 15) is 0 Å². The van der Waals surface area contributed by atoms with Gasteiger partial charge in [-0.25, -0.2) is 4.98 Å². The summed E-state index contributed by atoms with van der Waals surface area (Å²) in [5, 5.41) is 8.98. The minimum Gasteiger partial charge on any atom is -0.378 e. The first kappa shape index (κ1) is 14.8. The van der Waals surface area contributed by atoms with Crippen LogP contribution in [0.15, 0.2) is 46.8 Å². The van der Waals surface area contributed by atoms with E-state index in [0.717, 1.165) is 11.3 Å². The number of hydrogen-bond donors (Lipinski definition) is 0. The Morgan fingerprint density at radius 3 is 2.45 bits per heavy atom. The zero-order valence-electron chi connectivity index (χ0n) is 11.2. The number of aromatic nitrogens is 1. The van der Waals surface area contributed by atoms with Crippen molar-refractivity contribution in [1.82, 2.24) is 4.98 Å². The quantitative estimate of drug-likeness (QED) is 0.765. The topological polar surface area (TPSA) is 40.9 Å². The third-order valence-electron chi connectivity index (χ3n) is 2.66. The summed E-state index contributed by atoms with van der Waals surface area (Å²) in [4.78, 5) is 6.06. The van der Waals surface area contributed by atoms with E-state index < -0.39 is 0 Å². The fourth-order valence-electron chi connectivity index (χ4n) is 1.56. The molecule has 20 heavy (non-hydrogen) atoms. The van der Waals surface area contributed by atoms with E-state index in [1.165, 1.54) is 6.20 Å². The Morgan fingerprint density at radius 1 is 1.15 bits per heavy atom. The Labute approximate surface area is 128 Å². The van der Waals surface area contributed by atoms with Crippen LogP contribution in [-0.2, 0) is 6.54 Å². The minimum atomic E-state index is 0.376. The second-order valence-electron chi connectivity index (χ2n) is 4.42. The number of benzene rings is 1. The van der Waals surface area contributed by atoms with E-state index in [0.29, 0.717) is 22.4 Å². The van der Waals surface area contributed by atoms with E-state index in [1.54, 1.807) is 6.07 Å². The molecule has 2 aromatic rings. The van der Waals surface area contributed by atoms with Gasteiger partial charge in [-0.15, -0.1) is 5.11 Å². The SMILES string of the molecule is CN(C)c1ccc(CN=Nc2ncc(Cl)cc2Cl)cc1. The molecule has 0 fully saturated rings. The van der Waals surface area contributed by atoms with Crippen molar-refractivity contribution in [2.45, 2.75) is 6.54 Å². The first-order chi connectivity index (χ1) is 9.56. The molecule has 0 aliphatic rings. The first-order valence-electron chi connectivity index (χ1n) is 6.01. The van der Waals surface area contributed by atoms with Gasteiger partial charge in [0.25, 0.3) is 0 Å². The molecule has 0 atom stereocenters. The molecule has 6 heteroatoms. The summed E-state index contributed by atoms with van der Waals surface area (Å²) in [5.41, 5.74) is 2.22. The number of anilines is 1. The van der Waals surface area contributed by atoms with E-state index >= 15 is 0 Å². The average Bonchev–Trinajstić information content (AvgIpc) is 2.42. The van der Waals surface area contributed by atoms with Crippen LogP contribution >= 0.6 is 23.2 Å². The lowest BCUT2D eigenvalue weighted by molar-refractivity contribution is 0.946. The van der Waals surface area contributed by atoms with Gasteiger partial charge in [-0.3, -0.25) is 0 Å². The van der Waals surface area contributed by atoms with E-state index in [1.807, 2.05) is 43.3 Å². The predicted molar refractivity (Wildman–Crippen MR) is 83.2 cm³/mol. The molecule has 0 N–H and O–H groups in total. The summed E-state index contributed by atoms with van der Waals surface area (Å²) in [6.07, 6.45) is 1.49. The molecular weight excluding hydrogens is 295 g/mol. The number of azo groups is 1. The van der Waals surface area contributed by atoms with Crippen molar-refractivity contribution in [2.75, 3.05) is 19.0 Å². The van der Waals surface area contributed by atoms with Crippen molar-refractivity contribution in [1.29, 1.82) is 0 Å². The Morgan fingerprint density at radius 2 is 1.85 bits per heavy atom. The van der Waals surface area contributed by atoms with Crippen LogP contribution in [0.1, 0.15) is 5.56 Å². The zero-order chi connectivity index (χ0) is 14.5. The van der Waals surface area contributed by atoms with Crippen molar-refractivity contribution in [3.8, 4) is 0 Å². The van der Waals surface area contributed by atoms with E-state index in [2.05, 4.69) is 15.2 Å². The van der Waals surface area contributed by atoms with Crippen LogP contribution in [0, 0.1) is 0 Å². The van der Waals surface area contributed by atoms with Crippen molar-refractivity contribution in [3.05, 3.63) is 52.1 Å². The van der Waals surface area contributed by atoms with Crippen molar-refractivity contribution < 1.29 is 0 Å². The van der Waals surface area contributed by atoms with Gasteiger partial charge in [-0.1, -0.05) is 35.3 Å². The van der Waals surface area contributed by atoms with Gasteiger partial charge in [0, 0.05) is 26.0 Å². The second-order valence-corrected chi connectivity index (χ2v) is 5.26. The maximum Gasteiger partial charge on any atom is 0.192 e. The molecule has 4 nitrogen and oxygen atoms in total. The third kappa shape index (κ3) is 3.92. The summed E-state index contributed by atoms with van der Waals surface area (Å²) in [7, 11) is 4.01. The number of hydrogen-bond acceptors (Lipinski definition) is 4. The lowest BCUT2D eigenvalue weighted by Gasteiger charge is -2.11.